The van der Waals surface area contributed by atoms with E-state index in [9.17, 15) is 9.59 Å². The number of amides is 2. The van der Waals surface area contributed by atoms with Crippen LogP contribution in [-0.4, -0.2) is 23.6 Å². The molecule has 8 heteroatoms. The Balaban J connectivity index is 2.37. The monoisotopic (exact) mass is 362 g/mol. The van der Waals surface area contributed by atoms with Crippen molar-refractivity contribution in [3.05, 3.63) is 35.4 Å². The lowest BCUT2D eigenvalue weighted by molar-refractivity contribution is 0.149. The lowest BCUT2D eigenvalue weighted by Crippen LogP contribution is -2.23. The van der Waals surface area contributed by atoms with Crippen molar-refractivity contribution >= 4 is 23.6 Å². The van der Waals surface area contributed by atoms with Crippen LogP contribution in [0.5, 0.6) is 0 Å². The van der Waals surface area contributed by atoms with Crippen molar-refractivity contribution in [2.75, 3.05) is 0 Å². The molecule has 0 aliphatic rings. The Morgan fingerprint density at radius 3 is 1.46 bits per heavy atom. The first-order chi connectivity index (χ1) is 12.4. The maximum atomic E-state index is 11.5. The Hall–Kier alpha value is -2.90. The maximum absolute atomic E-state index is 11.5. The van der Waals surface area contributed by atoms with Crippen molar-refractivity contribution in [1.29, 1.82) is 0 Å². The minimum atomic E-state index is -0.603. The van der Waals surface area contributed by atoms with Gasteiger partial charge >= 0.3 is 12.2 Å². The van der Waals surface area contributed by atoms with E-state index >= 15 is 0 Å². The van der Waals surface area contributed by atoms with Gasteiger partial charge in [-0.05, 0) is 37.8 Å². The second-order valence-corrected chi connectivity index (χ2v) is 5.64. The van der Waals surface area contributed by atoms with Gasteiger partial charge in [0.1, 0.15) is 0 Å². The lowest BCUT2D eigenvalue weighted by Gasteiger charge is -2.06. The molecule has 2 N–H and O–H groups in total. The van der Waals surface area contributed by atoms with Gasteiger partial charge in [0, 0.05) is 13.1 Å². The van der Waals surface area contributed by atoms with Crippen LogP contribution in [0.2, 0.25) is 0 Å². The second-order valence-electron chi connectivity index (χ2n) is 5.64. The van der Waals surface area contributed by atoms with Gasteiger partial charge in [0.2, 0.25) is 0 Å². The molecule has 0 atom stereocenters. The highest BCUT2D eigenvalue weighted by atomic mass is 16.7. The summed E-state index contributed by atoms with van der Waals surface area (Å²) in [6.07, 6.45) is 0.241. The Kier molecular flexibility index (Phi) is 9.45. The van der Waals surface area contributed by atoms with E-state index in [1.54, 1.807) is 13.8 Å². The number of carbonyl (C=O) groups excluding carboxylic acids is 2. The van der Waals surface area contributed by atoms with Gasteiger partial charge in [0.15, 0.2) is 0 Å². The van der Waals surface area contributed by atoms with Crippen LogP contribution in [-0.2, 0) is 22.8 Å². The fraction of sp³-hybridized carbons (Fsp3) is 0.444. The maximum Gasteiger partial charge on any atom is 0.433 e. The average molecular weight is 362 g/mol. The van der Waals surface area contributed by atoms with Crippen LogP contribution in [0, 0.1) is 0 Å². The third kappa shape index (κ3) is 8.81. The van der Waals surface area contributed by atoms with Crippen molar-refractivity contribution in [2.24, 2.45) is 10.3 Å². The standard InChI is InChI=1S/C18H26N4O4/c1-5-13(3)21-25-17(23)19-11-15-7-9-16(10-8-15)12-20-18(24)26-22-14(4)6-2/h7-10H,5-6,11-12H2,1-4H3,(H,19,23)(H,20,24)/b21-13-,22-14-. The Bertz CT molecular complexity index is 597. The van der Waals surface area contributed by atoms with E-state index < -0.39 is 12.2 Å². The van der Waals surface area contributed by atoms with Crippen LogP contribution >= 0.6 is 0 Å². The minimum absolute atomic E-state index is 0.320. The number of nitrogens with zero attached hydrogens (tertiary/aromatic N) is 2. The normalized spacial score (nSPS) is 11.7. The quantitative estimate of drug-likeness (QED) is 0.418. The van der Waals surface area contributed by atoms with E-state index in [-0.39, 0.29) is 0 Å². The van der Waals surface area contributed by atoms with Crippen LogP contribution in [0.25, 0.3) is 0 Å². The zero-order valence-electron chi connectivity index (χ0n) is 15.7. The third-order valence-electron chi connectivity index (χ3n) is 3.49. The lowest BCUT2D eigenvalue weighted by atomic mass is 10.1. The molecule has 0 saturated carbocycles. The summed E-state index contributed by atoms with van der Waals surface area (Å²) in [4.78, 5) is 32.4. The molecule has 0 heterocycles. The highest BCUT2D eigenvalue weighted by Crippen LogP contribution is 2.04. The second kappa shape index (κ2) is 11.6. The van der Waals surface area contributed by atoms with Crippen LogP contribution < -0.4 is 10.6 Å². The van der Waals surface area contributed by atoms with Crippen molar-refractivity contribution in [3.8, 4) is 0 Å². The van der Waals surface area contributed by atoms with Crippen molar-refractivity contribution in [2.45, 2.75) is 53.6 Å². The summed E-state index contributed by atoms with van der Waals surface area (Å²) in [6, 6.07) is 7.40. The topological polar surface area (TPSA) is 101 Å². The first-order valence-corrected chi connectivity index (χ1v) is 8.49. The summed E-state index contributed by atoms with van der Waals surface area (Å²) in [6.45, 7) is 8.06. The molecule has 8 nitrogen and oxygen atoms in total. The molecule has 0 bridgehead atoms. The number of nitrogens with one attached hydrogen (secondary N) is 2. The number of carbonyl (C=O) groups is 2. The first-order valence-electron chi connectivity index (χ1n) is 8.49. The van der Waals surface area contributed by atoms with Gasteiger partial charge in [0.25, 0.3) is 0 Å². The highest BCUT2D eigenvalue weighted by Gasteiger charge is 2.04. The van der Waals surface area contributed by atoms with Gasteiger partial charge in [-0.3, -0.25) is 9.68 Å². The van der Waals surface area contributed by atoms with E-state index in [0.29, 0.717) is 13.1 Å². The number of rotatable bonds is 8. The van der Waals surface area contributed by atoms with Crippen LogP contribution in [0.3, 0.4) is 0 Å². The SMILES string of the molecule is CC/C(C)=N\OC(=O)NCc1ccc(CNC(=O)O/N=C(/C)CC)cc1. The van der Waals surface area contributed by atoms with E-state index in [1.165, 1.54) is 0 Å². The smallest absolute Gasteiger partial charge is 0.316 e. The molecular weight excluding hydrogens is 336 g/mol. The molecule has 1 aromatic rings. The third-order valence-corrected chi connectivity index (χ3v) is 3.49. The molecule has 0 radical (unpaired) electrons. The van der Waals surface area contributed by atoms with Gasteiger partial charge in [-0.2, -0.15) is 0 Å². The molecule has 0 aromatic heterocycles. The van der Waals surface area contributed by atoms with Crippen LogP contribution in [0.4, 0.5) is 9.59 Å². The van der Waals surface area contributed by atoms with Crippen LogP contribution in [0.15, 0.2) is 34.6 Å². The number of hydrogen-bond acceptors (Lipinski definition) is 6. The van der Waals surface area contributed by atoms with E-state index in [0.717, 1.165) is 35.4 Å². The van der Waals surface area contributed by atoms with Gasteiger partial charge in [0.05, 0.1) is 11.4 Å². The van der Waals surface area contributed by atoms with E-state index in [2.05, 4.69) is 20.9 Å². The summed E-state index contributed by atoms with van der Waals surface area (Å²) in [5, 5.41) is 12.6. The van der Waals surface area contributed by atoms with Gasteiger partial charge < -0.3 is 10.6 Å². The molecule has 0 fully saturated rings. The zero-order chi connectivity index (χ0) is 19.4. The molecule has 0 spiro atoms. The fourth-order valence-corrected chi connectivity index (χ4v) is 1.56. The summed E-state index contributed by atoms with van der Waals surface area (Å²) in [7, 11) is 0. The molecule has 142 valence electrons. The number of benzene rings is 1. The molecule has 0 aliphatic heterocycles. The Labute approximate surface area is 153 Å². The van der Waals surface area contributed by atoms with Gasteiger partial charge in [-0.15, -0.1) is 0 Å². The highest BCUT2D eigenvalue weighted by molar-refractivity contribution is 5.82. The predicted molar refractivity (Wildman–Crippen MR) is 99.9 cm³/mol. The molecule has 26 heavy (non-hydrogen) atoms. The summed E-state index contributed by atoms with van der Waals surface area (Å²) in [5.41, 5.74) is 3.28. The van der Waals surface area contributed by atoms with E-state index in [4.69, 9.17) is 9.68 Å². The largest absolute Gasteiger partial charge is 0.433 e. The number of oxime groups is 2. The zero-order valence-corrected chi connectivity index (χ0v) is 15.7. The fourth-order valence-electron chi connectivity index (χ4n) is 1.56. The Morgan fingerprint density at radius 1 is 0.808 bits per heavy atom. The molecule has 0 saturated heterocycles. The predicted octanol–water partition coefficient (Wildman–Crippen LogP) is 3.71. The minimum Gasteiger partial charge on any atom is -0.316 e. The van der Waals surface area contributed by atoms with Crippen LogP contribution in [0.1, 0.15) is 51.7 Å². The van der Waals surface area contributed by atoms with Crippen molar-refractivity contribution in [1.82, 2.24) is 10.6 Å². The molecule has 1 aromatic carbocycles. The summed E-state index contributed by atoms with van der Waals surface area (Å²) >= 11 is 0. The number of hydrogen-bond donors (Lipinski definition) is 2. The molecule has 1 rings (SSSR count). The van der Waals surface area contributed by atoms with Gasteiger partial charge in [-0.25, -0.2) is 9.59 Å². The molecule has 2 amide bonds. The Morgan fingerprint density at radius 2 is 1.15 bits per heavy atom. The summed E-state index contributed by atoms with van der Waals surface area (Å²) in [5.74, 6) is 0. The molecule has 0 unspecified atom stereocenters. The first kappa shape index (κ1) is 21.1. The van der Waals surface area contributed by atoms with Crippen molar-refractivity contribution < 1.29 is 19.3 Å². The van der Waals surface area contributed by atoms with Crippen molar-refractivity contribution in [3.63, 3.8) is 0 Å². The molecule has 0 aliphatic carbocycles. The molecular formula is C18H26N4O4. The average Bonchev–Trinajstić information content (AvgIpc) is 2.67. The summed E-state index contributed by atoms with van der Waals surface area (Å²) < 4.78 is 0. The van der Waals surface area contributed by atoms with Gasteiger partial charge in [-0.1, -0.05) is 48.4 Å². The van der Waals surface area contributed by atoms with E-state index in [1.807, 2.05) is 38.1 Å².